The zero-order valence-corrected chi connectivity index (χ0v) is 14.4. The highest BCUT2D eigenvalue weighted by molar-refractivity contribution is 5.67. The standard InChI is InChI=1S/C16H32N2O4/c1-16(2,3)22-15(19)17-9-5-7-13(12-20-4)18-11-14-8-6-10-21-14/h13-14,18H,5-12H2,1-4H3,(H,17,19). The fourth-order valence-electron chi connectivity index (χ4n) is 2.40. The van der Waals surface area contributed by atoms with E-state index in [4.69, 9.17) is 14.2 Å². The SMILES string of the molecule is COCC(CCCNC(=O)OC(C)(C)C)NCC1CCCO1. The van der Waals surface area contributed by atoms with E-state index in [1.54, 1.807) is 7.11 Å². The van der Waals surface area contributed by atoms with Crippen molar-refractivity contribution in [3.8, 4) is 0 Å². The number of hydrogen-bond donors (Lipinski definition) is 2. The summed E-state index contributed by atoms with van der Waals surface area (Å²) < 4.78 is 16.1. The molecular formula is C16H32N2O4. The van der Waals surface area contributed by atoms with Crippen LogP contribution in [0.15, 0.2) is 0 Å². The Hall–Kier alpha value is -0.850. The zero-order valence-electron chi connectivity index (χ0n) is 14.4. The molecule has 0 aliphatic carbocycles. The van der Waals surface area contributed by atoms with Gasteiger partial charge >= 0.3 is 6.09 Å². The average molecular weight is 316 g/mol. The molecule has 0 aromatic carbocycles. The van der Waals surface area contributed by atoms with Crippen LogP contribution in [-0.4, -0.2) is 57.3 Å². The molecule has 1 saturated heterocycles. The third-order valence-electron chi connectivity index (χ3n) is 3.42. The summed E-state index contributed by atoms with van der Waals surface area (Å²) in [5.74, 6) is 0. The van der Waals surface area contributed by atoms with E-state index in [-0.39, 0.29) is 12.1 Å². The van der Waals surface area contributed by atoms with Crippen molar-refractivity contribution in [1.82, 2.24) is 10.6 Å². The minimum atomic E-state index is -0.453. The van der Waals surface area contributed by atoms with Crippen LogP contribution in [0.3, 0.4) is 0 Å². The summed E-state index contributed by atoms with van der Waals surface area (Å²) in [5, 5.41) is 6.27. The molecule has 0 aromatic heterocycles. The van der Waals surface area contributed by atoms with Gasteiger partial charge in [-0.2, -0.15) is 0 Å². The molecule has 1 amide bonds. The molecule has 1 rings (SSSR count). The van der Waals surface area contributed by atoms with Crippen LogP contribution in [0.2, 0.25) is 0 Å². The van der Waals surface area contributed by atoms with Gasteiger partial charge in [0.05, 0.1) is 12.7 Å². The van der Waals surface area contributed by atoms with Crippen molar-refractivity contribution in [1.29, 1.82) is 0 Å². The predicted molar refractivity (Wildman–Crippen MR) is 86.1 cm³/mol. The molecule has 0 bridgehead atoms. The Balaban J connectivity index is 2.13. The molecule has 1 aliphatic heterocycles. The first kappa shape index (κ1) is 19.2. The Morgan fingerprint density at radius 2 is 2.18 bits per heavy atom. The molecule has 0 spiro atoms. The topological polar surface area (TPSA) is 68.8 Å². The molecule has 1 heterocycles. The summed E-state index contributed by atoms with van der Waals surface area (Å²) in [6.45, 7) is 8.59. The van der Waals surface area contributed by atoms with E-state index in [0.29, 0.717) is 19.3 Å². The highest BCUT2D eigenvalue weighted by Crippen LogP contribution is 2.11. The van der Waals surface area contributed by atoms with Crippen LogP contribution < -0.4 is 10.6 Å². The van der Waals surface area contributed by atoms with E-state index < -0.39 is 5.60 Å². The summed E-state index contributed by atoms with van der Waals surface area (Å²) in [7, 11) is 1.71. The lowest BCUT2D eigenvalue weighted by molar-refractivity contribution is 0.0526. The first-order valence-electron chi connectivity index (χ1n) is 8.21. The molecule has 2 atom stereocenters. The van der Waals surface area contributed by atoms with Gasteiger partial charge in [0.25, 0.3) is 0 Å². The van der Waals surface area contributed by atoms with Crippen LogP contribution in [0.25, 0.3) is 0 Å². The maximum atomic E-state index is 11.5. The molecule has 1 aliphatic rings. The van der Waals surface area contributed by atoms with Crippen LogP contribution >= 0.6 is 0 Å². The molecule has 2 unspecified atom stereocenters. The number of methoxy groups -OCH3 is 1. The summed E-state index contributed by atoms with van der Waals surface area (Å²) in [4.78, 5) is 11.5. The minimum Gasteiger partial charge on any atom is -0.444 e. The highest BCUT2D eigenvalue weighted by atomic mass is 16.6. The zero-order chi connectivity index (χ0) is 16.4. The number of nitrogens with one attached hydrogen (secondary N) is 2. The summed E-state index contributed by atoms with van der Waals surface area (Å²) in [5.41, 5.74) is -0.453. The van der Waals surface area contributed by atoms with Gasteiger partial charge in [-0.15, -0.1) is 0 Å². The molecule has 22 heavy (non-hydrogen) atoms. The fourth-order valence-corrected chi connectivity index (χ4v) is 2.40. The lowest BCUT2D eigenvalue weighted by atomic mass is 10.1. The van der Waals surface area contributed by atoms with E-state index >= 15 is 0 Å². The normalized spacial score (nSPS) is 19.9. The summed E-state index contributed by atoms with van der Waals surface area (Å²) >= 11 is 0. The lowest BCUT2D eigenvalue weighted by Crippen LogP contribution is -2.39. The maximum Gasteiger partial charge on any atom is 0.407 e. The largest absolute Gasteiger partial charge is 0.444 e. The second-order valence-electron chi connectivity index (χ2n) is 6.77. The van der Waals surface area contributed by atoms with Gasteiger partial charge < -0.3 is 24.8 Å². The highest BCUT2D eigenvalue weighted by Gasteiger charge is 2.18. The van der Waals surface area contributed by atoms with Crippen molar-refractivity contribution in [3.05, 3.63) is 0 Å². The quantitative estimate of drug-likeness (QED) is 0.637. The summed E-state index contributed by atoms with van der Waals surface area (Å²) in [6, 6.07) is 0.287. The minimum absolute atomic E-state index is 0.287. The number of ether oxygens (including phenoxy) is 3. The van der Waals surface area contributed by atoms with Crippen LogP contribution in [0, 0.1) is 0 Å². The summed E-state index contributed by atoms with van der Waals surface area (Å²) in [6.07, 6.45) is 4.08. The number of rotatable bonds is 9. The third-order valence-corrected chi connectivity index (χ3v) is 3.42. The van der Waals surface area contributed by atoms with E-state index in [1.165, 1.54) is 0 Å². The van der Waals surface area contributed by atoms with Gasteiger partial charge in [0.2, 0.25) is 0 Å². The first-order chi connectivity index (χ1) is 10.4. The smallest absolute Gasteiger partial charge is 0.407 e. The van der Waals surface area contributed by atoms with Crippen molar-refractivity contribution >= 4 is 6.09 Å². The van der Waals surface area contributed by atoms with E-state index in [9.17, 15) is 4.79 Å². The lowest BCUT2D eigenvalue weighted by Gasteiger charge is -2.21. The van der Waals surface area contributed by atoms with Gasteiger partial charge in [0, 0.05) is 32.8 Å². The van der Waals surface area contributed by atoms with Gasteiger partial charge in [0.15, 0.2) is 0 Å². The number of carbonyl (C=O) groups excluding carboxylic acids is 1. The van der Waals surface area contributed by atoms with Gasteiger partial charge in [-0.1, -0.05) is 0 Å². The Morgan fingerprint density at radius 1 is 1.41 bits per heavy atom. The van der Waals surface area contributed by atoms with Crippen molar-refractivity contribution in [2.45, 2.75) is 64.2 Å². The van der Waals surface area contributed by atoms with Crippen molar-refractivity contribution in [3.63, 3.8) is 0 Å². The van der Waals surface area contributed by atoms with E-state index in [2.05, 4.69) is 10.6 Å². The maximum absolute atomic E-state index is 11.5. The van der Waals surface area contributed by atoms with E-state index in [1.807, 2.05) is 20.8 Å². The van der Waals surface area contributed by atoms with Crippen molar-refractivity contribution in [2.75, 3.05) is 33.4 Å². The Bertz CT molecular complexity index is 312. The second kappa shape index (κ2) is 10.0. The number of hydrogen-bond acceptors (Lipinski definition) is 5. The molecule has 6 nitrogen and oxygen atoms in total. The van der Waals surface area contributed by atoms with Crippen LogP contribution in [-0.2, 0) is 14.2 Å². The Labute approximate surface area is 134 Å². The Kier molecular flexibility index (Phi) is 8.75. The predicted octanol–water partition coefficient (Wildman–Crippen LogP) is 2.07. The molecule has 0 aromatic rings. The van der Waals surface area contributed by atoms with Gasteiger partial charge in [-0.25, -0.2) is 4.79 Å². The molecule has 2 N–H and O–H groups in total. The fraction of sp³-hybridized carbons (Fsp3) is 0.938. The van der Waals surface area contributed by atoms with Crippen LogP contribution in [0.5, 0.6) is 0 Å². The second-order valence-corrected chi connectivity index (χ2v) is 6.77. The molecule has 130 valence electrons. The molecule has 0 radical (unpaired) electrons. The van der Waals surface area contributed by atoms with E-state index in [0.717, 1.165) is 38.8 Å². The van der Waals surface area contributed by atoms with Crippen LogP contribution in [0.4, 0.5) is 4.79 Å². The number of alkyl carbamates (subject to hydrolysis) is 1. The number of amides is 1. The van der Waals surface area contributed by atoms with Crippen molar-refractivity contribution < 1.29 is 19.0 Å². The van der Waals surface area contributed by atoms with Gasteiger partial charge in [-0.05, 0) is 46.5 Å². The van der Waals surface area contributed by atoms with Gasteiger partial charge in [0.1, 0.15) is 5.60 Å². The van der Waals surface area contributed by atoms with Gasteiger partial charge in [-0.3, -0.25) is 0 Å². The first-order valence-corrected chi connectivity index (χ1v) is 8.21. The van der Waals surface area contributed by atoms with Crippen molar-refractivity contribution in [2.24, 2.45) is 0 Å². The number of carbonyl (C=O) groups is 1. The average Bonchev–Trinajstić information content (AvgIpc) is 2.92. The molecule has 0 saturated carbocycles. The monoisotopic (exact) mass is 316 g/mol. The third kappa shape index (κ3) is 9.23. The molecule has 1 fully saturated rings. The molecular weight excluding hydrogens is 284 g/mol. The molecule has 6 heteroatoms. The Morgan fingerprint density at radius 3 is 2.77 bits per heavy atom. The van der Waals surface area contributed by atoms with Crippen LogP contribution in [0.1, 0.15) is 46.5 Å².